The molecule has 1 aliphatic rings. The van der Waals surface area contributed by atoms with Crippen molar-refractivity contribution in [2.24, 2.45) is 4.99 Å². The number of morpholine rings is 1. The zero-order chi connectivity index (χ0) is 22.0. The number of nitro benzene ring substituents is 1. The van der Waals surface area contributed by atoms with Gasteiger partial charge in [0.2, 0.25) is 0 Å². The maximum Gasteiger partial charge on any atom is 0.293 e. The number of carbonyl (C=O) groups is 1. The van der Waals surface area contributed by atoms with Crippen molar-refractivity contribution in [1.82, 2.24) is 4.57 Å². The van der Waals surface area contributed by atoms with Crippen molar-refractivity contribution < 1.29 is 14.5 Å². The van der Waals surface area contributed by atoms with Crippen LogP contribution in [0.5, 0.6) is 0 Å². The summed E-state index contributed by atoms with van der Waals surface area (Å²) in [5, 5.41) is 11.7. The number of terminal acetylenes is 1. The number of carbonyl (C=O) groups excluding carboxylic acids is 1. The summed E-state index contributed by atoms with van der Waals surface area (Å²) in [5.74, 6) is 2.04. The van der Waals surface area contributed by atoms with E-state index >= 15 is 0 Å². The number of anilines is 1. The lowest BCUT2D eigenvalue weighted by Gasteiger charge is -2.28. The van der Waals surface area contributed by atoms with Crippen LogP contribution in [-0.2, 0) is 11.3 Å². The molecule has 4 rings (SSSR count). The molecular formula is C22H20N4O4S. The fourth-order valence-corrected chi connectivity index (χ4v) is 4.66. The average Bonchev–Trinajstić information content (AvgIpc) is 3.10. The highest BCUT2D eigenvalue weighted by atomic mass is 32.1. The van der Waals surface area contributed by atoms with Crippen LogP contribution in [0.1, 0.15) is 15.9 Å². The molecule has 1 fully saturated rings. The van der Waals surface area contributed by atoms with Crippen molar-refractivity contribution >= 4 is 38.8 Å². The molecule has 9 heteroatoms. The summed E-state index contributed by atoms with van der Waals surface area (Å²) in [7, 11) is 0. The maximum atomic E-state index is 12.9. The first-order chi connectivity index (χ1) is 15.0. The quantitative estimate of drug-likeness (QED) is 0.356. The zero-order valence-corrected chi connectivity index (χ0v) is 17.7. The van der Waals surface area contributed by atoms with Crippen molar-refractivity contribution in [2.75, 3.05) is 31.2 Å². The molecule has 0 atom stereocenters. The molecule has 2 aromatic carbocycles. The van der Waals surface area contributed by atoms with Crippen molar-refractivity contribution in [1.29, 1.82) is 0 Å². The number of aryl methyl sites for hydroxylation is 1. The van der Waals surface area contributed by atoms with Crippen LogP contribution in [0.4, 0.5) is 11.4 Å². The summed E-state index contributed by atoms with van der Waals surface area (Å²) in [4.78, 5) is 30.7. The van der Waals surface area contributed by atoms with E-state index in [2.05, 4.69) is 10.9 Å². The van der Waals surface area contributed by atoms with Crippen LogP contribution in [0.15, 0.2) is 41.4 Å². The number of thiazole rings is 1. The van der Waals surface area contributed by atoms with Crippen LogP contribution in [-0.4, -0.2) is 41.7 Å². The molecule has 158 valence electrons. The van der Waals surface area contributed by atoms with Crippen molar-refractivity contribution in [3.8, 4) is 12.3 Å². The lowest BCUT2D eigenvalue weighted by atomic mass is 10.1. The van der Waals surface area contributed by atoms with Crippen LogP contribution >= 0.6 is 11.3 Å². The Morgan fingerprint density at radius 3 is 2.77 bits per heavy atom. The Morgan fingerprint density at radius 2 is 2.06 bits per heavy atom. The minimum absolute atomic E-state index is 0.119. The van der Waals surface area contributed by atoms with Gasteiger partial charge in [-0.3, -0.25) is 14.9 Å². The van der Waals surface area contributed by atoms with E-state index in [1.165, 1.54) is 17.4 Å². The number of aromatic nitrogens is 1. The second-order valence-corrected chi connectivity index (χ2v) is 8.13. The predicted octanol–water partition coefficient (Wildman–Crippen LogP) is 3.13. The third-order valence-corrected chi connectivity index (χ3v) is 6.10. The van der Waals surface area contributed by atoms with Gasteiger partial charge in [0.05, 0.1) is 34.9 Å². The topological polar surface area (TPSA) is 90.0 Å². The van der Waals surface area contributed by atoms with E-state index in [1.54, 1.807) is 16.7 Å². The smallest absolute Gasteiger partial charge is 0.293 e. The number of fused-ring (bicyclic) bond motifs is 1. The van der Waals surface area contributed by atoms with Gasteiger partial charge in [-0.15, -0.1) is 6.42 Å². The lowest BCUT2D eigenvalue weighted by Crippen LogP contribution is -2.36. The van der Waals surface area contributed by atoms with Crippen LogP contribution in [0.25, 0.3) is 10.2 Å². The summed E-state index contributed by atoms with van der Waals surface area (Å²) < 4.78 is 8.08. The predicted molar refractivity (Wildman–Crippen MR) is 119 cm³/mol. The van der Waals surface area contributed by atoms with Gasteiger partial charge in [0.15, 0.2) is 4.80 Å². The third kappa shape index (κ3) is 4.21. The standard InChI is InChI=1S/C22H20N4O4S/c1-3-8-25-18-6-4-15(2)13-20(18)31-22(25)23-21(27)16-5-7-17(19(14-16)26(28)29)24-9-11-30-12-10-24/h1,4-7,13-14H,8-12H2,2H3. The van der Waals surface area contributed by atoms with Crippen LogP contribution in [0, 0.1) is 29.4 Å². The van der Waals surface area contributed by atoms with Crippen LogP contribution < -0.4 is 9.70 Å². The monoisotopic (exact) mass is 436 g/mol. The summed E-state index contributed by atoms with van der Waals surface area (Å²) >= 11 is 1.36. The molecule has 3 aromatic rings. The second-order valence-electron chi connectivity index (χ2n) is 7.12. The molecule has 0 radical (unpaired) electrons. The highest BCUT2D eigenvalue weighted by Gasteiger charge is 2.23. The molecule has 0 saturated carbocycles. The third-order valence-electron chi connectivity index (χ3n) is 5.06. The number of hydrogen-bond donors (Lipinski definition) is 0. The first kappa shape index (κ1) is 20.8. The minimum atomic E-state index is -0.550. The molecule has 2 heterocycles. The SMILES string of the molecule is C#CCn1c(=NC(=O)c2ccc(N3CCOCC3)c([N+](=O)[O-])c2)sc2cc(C)ccc21. The summed E-state index contributed by atoms with van der Waals surface area (Å²) in [6, 6.07) is 10.4. The lowest BCUT2D eigenvalue weighted by molar-refractivity contribution is -0.384. The Balaban J connectivity index is 1.75. The van der Waals surface area contributed by atoms with E-state index in [0.717, 1.165) is 15.8 Å². The number of ether oxygens (including phenoxy) is 1. The summed E-state index contributed by atoms with van der Waals surface area (Å²) in [5.41, 5.74) is 2.50. The average molecular weight is 436 g/mol. The summed E-state index contributed by atoms with van der Waals surface area (Å²) in [6.45, 7) is 4.40. The second kappa shape index (κ2) is 8.71. The number of amides is 1. The molecular weight excluding hydrogens is 416 g/mol. The maximum absolute atomic E-state index is 12.9. The number of hydrogen-bond acceptors (Lipinski definition) is 6. The Labute approximate surface area is 182 Å². The van der Waals surface area contributed by atoms with Gasteiger partial charge in [0.25, 0.3) is 11.6 Å². The molecule has 8 nitrogen and oxygen atoms in total. The normalized spacial score (nSPS) is 14.6. The van der Waals surface area contributed by atoms with Crippen LogP contribution in [0.3, 0.4) is 0 Å². The fraction of sp³-hybridized carbons (Fsp3) is 0.273. The van der Waals surface area contributed by atoms with E-state index < -0.39 is 10.8 Å². The molecule has 1 aliphatic heterocycles. The zero-order valence-electron chi connectivity index (χ0n) is 16.9. The van der Waals surface area contributed by atoms with E-state index in [1.807, 2.05) is 30.0 Å². The Hall–Kier alpha value is -3.48. The molecule has 1 aromatic heterocycles. The fourth-order valence-electron chi connectivity index (χ4n) is 3.54. The highest BCUT2D eigenvalue weighted by molar-refractivity contribution is 7.16. The van der Waals surface area contributed by atoms with Gasteiger partial charge in [-0.05, 0) is 36.8 Å². The van der Waals surface area contributed by atoms with Gasteiger partial charge in [0, 0.05) is 24.7 Å². The van der Waals surface area contributed by atoms with Gasteiger partial charge in [-0.1, -0.05) is 23.3 Å². The Kier molecular flexibility index (Phi) is 5.84. The van der Waals surface area contributed by atoms with E-state index in [9.17, 15) is 14.9 Å². The van der Waals surface area contributed by atoms with E-state index in [0.29, 0.717) is 36.8 Å². The van der Waals surface area contributed by atoms with Gasteiger partial charge >= 0.3 is 0 Å². The Morgan fingerprint density at radius 1 is 1.29 bits per heavy atom. The molecule has 0 spiro atoms. The van der Waals surface area contributed by atoms with E-state index in [-0.39, 0.29) is 17.8 Å². The van der Waals surface area contributed by atoms with Crippen molar-refractivity contribution in [3.05, 3.63) is 62.4 Å². The molecule has 0 unspecified atom stereocenters. The first-order valence-corrected chi connectivity index (χ1v) is 10.5. The molecule has 1 amide bonds. The number of benzene rings is 2. The number of nitro groups is 1. The van der Waals surface area contributed by atoms with Crippen LogP contribution in [0.2, 0.25) is 0 Å². The molecule has 1 saturated heterocycles. The van der Waals surface area contributed by atoms with Gasteiger partial charge in [0.1, 0.15) is 5.69 Å². The van der Waals surface area contributed by atoms with Gasteiger partial charge in [-0.2, -0.15) is 4.99 Å². The van der Waals surface area contributed by atoms with E-state index in [4.69, 9.17) is 11.2 Å². The molecule has 0 bridgehead atoms. The van der Waals surface area contributed by atoms with Crippen molar-refractivity contribution in [3.63, 3.8) is 0 Å². The van der Waals surface area contributed by atoms with Gasteiger partial charge in [-0.25, -0.2) is 0 Å². The van der Waals surface area contributed by atoms with Crippen molar-refractivity contribution in [2.45, 2.75) is 13.5 Å². The number of rotatable bonds is 4. The molecule has 0 N–H and O–H groups in total. The highest BCUT2D eigenvalue weighted by Crippen LogP contribution is 2.30. The first-order valence-electron chi connectivity index (χ1n) is 9.71. The summed E-state index contributed by atoms with van der Waals surface area (Å²) in [6.07, 6.45) is 5.51. The van der Waals surface area contributed by atoms with Gasteiger partial charge < -0.3 is 14.2 Å². The molecule has 31 heavy (non-hydrogen) atoms. The minimum Gasteiger partial charge on any atom is -0.378 e. The largest absolute Gasteiger partial charge is 0.378 e. The number of nitrogens with zero attached hydrogens (tertiary/aromatic N) is 4. The molecule has 0 aliphatic carbocycles. The Bertz CT molecular complexity index is 1280.